The summed E-state index contributed by atoms with van der Waals surface area (Å²) in [4.78, 5) is 10.4. The second kappa shape index (κ2) is 3.40. The van der Waals surface area contributed by atoms with Crippen molar-refractivity contribution in [2.75, 3.05) is 0 Å². The third-order valence-corrected chi connectivity index (χ3v) is 0.919. The number of carbonyl (C=O) groups excluding carboxylic acids is 1. The largest absolute Gasteiger partial charge is 0.320 e. The minimum atomic E-state index is -0.458. The number of hydrogen-bond acceptors (Lipinski definition) is 3. The molecule has 0 aliphatic rings. The van der Waals surface area contributed by atoms with E-state index in [1.807, 2.05) is 12.3 Å². The number of nitrogens with one attached hydrogen (secondary N) is 1. The van der Waals surface area contributed by atoms with Crippen LogP contribution in [-0.4, -0.2) is 11.9 Å². The SMILES string of the molecule is CCC(N)C(=O)NN. The first-order valence-electron chi connectivity index (χ1n) is 2.48. The van der Waals surface area contributed by atoms with E-state index < -0.39 is 6.04 Å². The predicted molar refractivity (Wildman–Crippen MR) is 30.6 cm³/mol. The van der Waals surface area contributed by atoms with Crippen LogP contribution in [0.3, 0.4) is 0 Å². The molecule has 0 aromatic carbocycles. The molecule has 48 valence electrons. The van der Waals surface area contributed by atoms with Crippen molar-refractivity contribution >= 4 is 5.91 Å². The third kappa shape index (κ3) is 1.90. The highest BCUT2D eigenvalue weighted by atomic mass is 16.2. The van der Waals surface area contributed by atoms with Gasteiger partial charge in [-0.15, -0.1) is 0 Å². The first-order valence-corrected chi connectivity index (χ1v) is 2.48. The van der Waals surface area contributed by atoms with Crippen molar-refractivity contribution in [2.45, 2.75) is 19.4 Å². The zero-order valence-corrected chi connectivity index (χ0v) is 4.85. The molecular weight excluding hydrogens is 106 g/mol. The van der Waals surface area contributed by atoms with Crippen molar-refractivity contribution in [3.63, 3.8) is 0 Å². The molecular formula is C4H11N3O. The Bertz CT molecular complexity index is 83.4. The number of carbonyl (C=O) groups is 1. The Kier molecular flexibility index (Phi) is 3.14. The summed E-state index contributed by atoms with van der Waals surface area (Å²) in [5.74, 6) is 4.46. The van der Waals surface area contributed by atoms with E-state index >= 15 is 0 Å². The fraction of sp³-hybridized carbons (Fsp3) is 0.750. The van der Waals surface area contributed by atoms with Gasteiger partial charge in [-0.1, -0.05) is 6.92 Å². The molecule has 4 heteroatoms. The summed E-state index contributed by atoms with van der Waals surface area (Å²) >= 11 is 0. The minimum Gasteiger partial charge on any atom is -0.320 e. The van der Waals surface area contributed by atoms with Crippen LogP contribution in [0, 0.1) is 0 Å². The molecule has 0 aliphatic heterocycles. The Labute approximate surface area is 48.2 Å². The summed E-state index contributed by atoms with van der Waals surface area (Å²) in [5.41, 5.74) is 7.19. The molecule has 0 fully saturated rings. The fourth-order valence-electron chi connectivity index (χ4n) is 0.292. The van der Waals surface area contributed by atoms with Crippen LogP contribution in [-0.2, 0) is 4.79 Å². The lowest BCUT2D eigenvalue weighted by Crippen LogP contribution is -2.43. The first-order chi connectivity index (χ1) is 3.72. The van der Waals surface area contributed by atoms with Crippen molar-refractivity contribution < 1.29 is 4.79 Å². The van der Waals surface area contributed by atoms with Gasteiger partial charge in [-0.3, -0.25) is 10.2 Å². The van der Waals surface area contributed by atoms with Crippen LogP contribution in [0.15, 0.2) is 0 Å². The molecule has 8 heavy (non-hydrogen) atoms. The monoisotopic (exact) mass is 117 g/mol. The average molecular weight is 117 g/mol. The normalized spacial score (nSPS) is 12.9. The molecule has 0 rings (SSSR count). The van der Waals surface area contributed by atoms with E-state index in [9.17, 15) is 4.79 Å². The van der Waals surface area contributed by atoms with Gasteiger partial charge >= 0.3 is 0 Å². The van der Waals surface area contributed by atoms with E-state index in [1.54, 1.807) is 0 Å². The van der Waals surface area contributed by atoms with Crippen LogP contribution in [0.4, 0.5) is 0 Å². The zero-order valence-electron chi connectivity index (χ0n) is 4.85. The fourth-order valence-corrected chi connectivity index (χ4v) is 0.292. The highest BCUT2D eigenvalue weighted by molar-refractivity contribution is 5.80. The summed E-state index contributed by atoms with van der Waals surface area (Å²) in [6.45, 7) is 1.82. The van der Waals surface area contributed by atoms with Gasteiger partial charge in [0.15, 0.2) is 0 Å². The van der Waals surface area contributed by atoms with Crippen molar-refractivity contribution in [1.82, 2.24) is 5.43 Å². The summed E-state index contributed by atoms with van der Waals surface area (Å²) in [6, 6.07) is -0.458. The smallest absolute Gasteiger partial charge is 0.250 e. The first kappa shape index (κ1) is 7.39. The molecule has 0 bridgehead atoms. The summed E-state index contributed by atoms with van der Waals surface area (Å²) < 4.78 is 0. The van der Waals surface area contributed by atoms with Gasteiger partial charge in [0.05, 0.1) is 6.04 Å². The summed E-state index contributed by atoms with van der Waals surface area (Å²) in [6.07, 6.45) is 0.614. The quantitative estimate of drug-likeness (QED) is 0.239. The molecule has 0 aromatic rings. The molecule has 0 aliphatic carbocycles. The lowest BCUT2D eigenvalue weighted by Gasteiger charge is -2.03. The van der Waals surface area contributed by atoms with Crippen molar-refractivity contribution in [3.05, 3.63) is 0 Å². The van der Waals surface area contributed by atoms with Gasteiger partial charge in [0.1, 0.15) is 0 Å². The number of hydrogen-bond donors (Lipinski definition) is 3. The molecule has 0 saturated heterocycles. The van der Waals surface area contributed by atoms with Crippen molar-refractivity contribution in [2.24, 2.45) is 11.6 Å². The molecule has 1 amide bonds. The van der Waals surface area contributed by atoms with E-state index in [2.05, 4.69) is 0 Å². The Morgan fingerprint density at radius 1 is 1.88 bits per heavy atom. The van der Waals surface area contributed by atoms with E-state index in [1.165, 1.54) is 0 Å². The van der Waals surface area contributed by atoms with Crippen LogP contribution in [0.1, 0.15) is 13.3 Å². The molecule has 4 nitrogen and oxygen atoms in total. The highest BCUT2D eigenvalue weighted by Gasteiger charge is 2.06. The third-order valence-electron chi connectivity index (χ3n) is 0.919. The summed E-state index contributed by atoms with van der Waals surface area (Å²) in [5, 5.41) is 0. The van der Waals surface area contributed by atoms with Gasteiger partial charge in [0, 0.05) is 0 Å². The molecule has 1 unspecified atom stereocenters. The Morgan fingerprint density at radius 2 is 2.38 bits per heavy atom. The van der Waals surface area contributed by atoms with Crippen LogP contribution in [0.25, 0.3) is 0 Å². The zero-order chi connectivity index (χ0) is 6.57. The average Bonchev–Trinajstić information content (AvgIpc) is 1.84. The van der Waals surface area contributed by atoms with Gasteiger partial charge in [-0.05, 0) is 6.42 Å². The standard InChI is InChI=1S/C4H11N3O/c1-2-3(5)4(8)7-6/h3H,2,5-6H2,1H3,(H,7,8). The maximum atomic E-state index is 10.4. The molecule has 0 heterocycles. The number of hydrazine groups is 1. The maximum Gasteiger partial charge on any atom is 0.250 e. The van der Waals surface area contributed by atoms with E-state index in [4.69, 9.17) is 11.6 Å². The second-order valence-corrected chi connectivity index (χ2v) is 1.52. The molecule has 1 atom stereocenters. The van der Waals surface area contributed by atoms with Gasteiger partial charge in [-0.25, -0.2) is 5.84 Å². The topological polar surface area (TPSA) is 81.1 Å². The predicted octanol–water partition coefficient (Wildman–Crippen LogP) is -1.29. The van der Waals surface area contributed by atoms with E-state index in [0.29, 0.717) is 6.42 Å². The van der Waals surface area contributed by atoms with Gasteiger partial charge in [0.2, 0.25) is 0 Å². The number of rotatable bonds is 2. The minimum absolute atomic E-state index is 0.312. The molecule has 5 N–H and O–H groups in total. The maximum absolute atomic E-state index is 10.4. The molecule has 0 radical (unpaired) electrons. The Hall–Kier alpha value is -0.610. The van der Waals surface area contributed by atoms with Crippen molar-refractivity contribution in [1.29, 1.82) is 0 Å². The lowest BCUT2D eigenvalue weighted by atomic mass is 10.2. The second-order valence-electron chi connectivity index (χ2n) is 1.52. The Balaban J connectivity index is 3.46. The van der Waals surface area contributed by atoms with Crippen LogP contribution in [0.5, 0.6) is 0 Å². The molecule has 0 spiro atoms. The highest BCUT2D eigenvalue weighted by Crippen LogP contribution is 1.81. The molecule has 0 aromatic heterocycles. The van der Waals surface area contributed by atoms with Gasteiger partial charge in [-0.2, -0.15) is 0 Å². The van der Waals surface area contributed by atoms with Crippen LogP contribution >= 0.6 is 0 Å². The van der Waals surface area contributed by atoms with Gasteiger partial charge < -0.3 is 5.73 Å². The van der Waals surface area contributed by atoms with Crippen LogP contribution in [0.2, 0.25) is 0 Å². The van der Waals surface area contributed by atoms with Gasteiger partial charge in [0.25, 0.3) is 5.91 Å². The lowest BCUT2D eigenvalue weighted by molar-refractivity contribution is -0.122. The Morgan fingerprint density at radius 3 is 2.50 bits per heavy atom. The number of amides is 1. The van der Waals surface area contributed by atoms with E-state index in [0.717, 1.165) is 0 Å². The summed E-state index contributed by atoms with van der Waals surface area (Å²) in [7, 11) is 0. The molecule has 0 saturated carbocycles. The van der Waals surface area contributed by atoms with Crippen molar-refractivity contribution in [3.8, 4) is 0 Å². The van der Waals surface area contributed by atoms with E-state index in [-0.39, 0.29) is 5.91 Å². The van der Waals surface area contributed by atoms with Crippen LogP contribution < -0.4 is 17.0 Å². The number of nitrogens with two attached hydrogens (primary N) is 2.